The standard InChI is InChI=1S/C13H24O10/c14-3-6-1-2-8(17)13(5-16,22-6)23-12-11(20)10(19)9(18)7(4-15)21-12/h6-12,14-20H,1-5H2/t6-,7?,8+,9+,10?,11?,12+,13-/m0/s1. The molecule has 2 rings (SSSR count). The predicted molar refractivity (Wildman–Crippen MR) is 71.9 cm³/mol. The summed E-state index contributed by atoms with van der Waals surface area (Å²) < 4.78 is 16.0. The minimum Gasteiger partial charge on any atom is -0.394 e. The molecule has 0 aromatic heterocycles. The maximum atomic E-state index is 10.1. The highest BCUT2D eigenvalue weighted by molar-refractivity contribution is 4.92. The van der Waals surface area contributed by atoms with Crippen molar-refractivity contribution >= 4 is 0 Å². The second-order valence-corrected chi connectivity index (χ2v) is 5.80. The van der Waals surface area contributed by atoms with Crippen molar-refractivity contribution in [3.63, 3.8) is 0 Å². The van der Waals surface area contributed by atoms with Crippen LogP contribution in [0.15, 0.2) is 0 Å². The first kappa shape index (κ1) is 18.9. The van der Waals surface area contributed by atoms with E-state index in [1.165, 1.54) is 0 Å². The number of hydrogen-bond acceptors (Lipinski definition) is 10. The van der Waals surface area contributed by atoms with E-state index in [4.69, 9.17) is 19.3 Å². The third kappa shape index (κ3) is 3.66. The summed E-state index contributed by atoms with van der Waals surface area (Å²) >= 11 is 0. The summed E-state index contributed by atoms with van der Waals surface area (Å²) in [5.74, 6) is -1.96. The molecule has 2 saturated heterocycles. The first-order valence-corrected chi connectivity index (χ1v) is 7.44. The molecule has 0 bridgehead atoms. The van der Waals surface area contributed by atoms with E-state index in [0.29, 0.717) is 6.42 Å². The SMILES string of the molecule is OCC1O[C@H](O[C@]2(CO)O[C@H](CO)CC[C@H]2O)C(O)C(O)[C@@H]1O. The van der Waals surface area contributed by atoms with Gasteiger partial charge in [0.15, 0.2) is 6.29 Å². The average Bonchev–Trinajstić information content (AvgIpc) is 2.57. The van der Waals surface area contributed by atoms with Gasteiger partial charge in [0.1, 0.15) is 37.1 Å². The number of ether oxygens (including phenoxy) is 3. The molecule has 136 valence electrons. The first-order chi connectivity index (χ1) is 10.9. The molecule has 2 aliphatic rings. The molecular weight excluding hydrogens is 316 g/mol. The highest BCUT2D eigenvalue weighted by Crippen LogP contribution is 2.34. The van der Waals surface area contributed by atoms with Gasteiger partial charge in [0, 0.05) is 0 Å². The van der Waals surface area contributed by atoms with Gasteiger partial charge in [-0.2, -0.15) is 0 Å². The van der Waals surface area contributed by atoms with Crippen molar-refractivity contribution < 1.29 is 50.0 Å². The van der Waals surface area contributed by atoms with Crippen molar-refractivity contribution in [3.8, 4) is 0 Å². The van der Waals surface area contributed by atoms with Crippen LogP contribution in [0.1, 0.15) is 12.8 Å². The second-order valence-electron chi connectivity index (χ2n) is 5.80. The monoisotopic (exact) mass is 340 g/mol. The minimum absolute atomic E-state index is 0.170. The second kappa shape index (κ2) is 7.66. The maximum Gasteiger partial charge on any atom is 0.221 e. The minimum atomic E-state index is -1.96. The third-order valence-corrected chi connectivity index (χ3v) is 4.22. The molecule has 0 saturated carbocycles. The zero-order valence-electron chi connectivity index (χ0n) is 12.4. The summed E-state index contributed by atoms with van der Waals surface area (Å²) in [5, 5.41) is 67.5. The molecule has 10 nitrogen and oxygen atoms in total. The lowest BCUT2D eigenvalue weighted by atomic mass is 9.97. The van der Waals surface area contributed by atoms with Gasteiger partial charge in [-0.05, 0) is 12.8 Å². The Morgan fingerprint density at radius 2 is 1.61 bits per heavy atom. The highest BCUT2D eigenvalue weighted by Gasteiger charge is 2.52. The van der Waals surface area contributed by atoms with E-state index in [-0.39, 0.29) is 13.0 Å². The summed E-state index contributed by atoms with van der Waals surface area (Å²) in [6.07, 6.45) is -9.09. The summed E-state index contributed by atoms with van der Waals surface area (Å²) in [6.45, 7) is -1.79. The third-order valence-electron chi connectivity index (χ3n) is 4.22. The Bertz CT molecular complexity index is 380. The van der Waals surface area contributed by atoms with E-state index in [2.05, 4.69) is 0 Å². The van der Waals surface area contributed by atoms with Crippen molar-refractivity contribution in [2.24, 2.45) is 0 Å². The Hall–Kier alpha value is -0.400. The molecule has 7 N–H and O–H groups in total. The fraction of sp³-hybridized carbons (Fsp3) is 1.00. The van der Waals surface area contributed by atoms with Crippen LogP contribution in [-0.4, -0.2) is 104 Å². The molecule has 0 aromatic rings. The van der Waals surface area contributed by atoms with E-state index >= 15 is 0 Å². The molecule has 23 heavy (non-hydrogen) atoms. The van der Waals surface area contributed by atoms with Gasteiger partial charge in [-0.15, -0.1) is 0 Å². The zero-order chi connectivity index (χ0) is 17.2. The number of aliphatic hydroxyl groups is 7. The van der Waals surface area contributed by atoms with E-state index < -0.39 is 61.9 Å². The molecule has 0 spiro atoms. The van der Waals surface area contributed by atoms with Gasteiger partial charge in [-0.1, -0.05) is 0 Å². The van der Waals surface area contributed by atoms with Crippen LogP contribution in [0.2, 0.25) is 0 Å². The van der Waals surface area contributed by atoms with Crippen LogP contribution in [0.25, 0.3) is 0 Å². The van der Waals surface area contributed by atoms with Crippen molar-refractivity contribution in [3.05, 3.63) is 0 Å². The lowest BCUT2D eigenvalue weighted by molar-refractivity contribution is -0.410. The van der Waals surface area contributed by atoms with Crippen molar-refractivity contribution in [1.82, 2.24) is 0 Å². The fourth-order valence-electron chi connectivity index (χ4n) is 2.76. The number of hydrogen-bond donors (Lipinski definition) is 7. The van der Waals surface area contributed by atoms with E-state index in [0.717, 1.165) is 0 Å². The van der Waals surface area contributed by atoms with Gasteiger partial charge in [0.2, 0.25) is 5.79 Å². The maximum absolute atomic E-state index is 10.1. The van der Waals surface area contributed by atoms with Gasteiger partial charge in [0.05, 0.1) is 19.3 Å². The van der Waals surface area contributed by atoms with Gasteiger partial charge in [0.25, 0.3) is 0 Å². The molecule has 0 radical (unpaired) electrons. The van der Waals surface area contributed by atoms with E-state index in [1.54, 1.807) is 0 Å². The summed E-state index contributed by atoms with van der Waals surface area (Å²) in [5.41, 5.74) is 0. The molecular formula is C13H24O10. The van der Waals surface area contributed by atoms with Crippen molar-refractivity contribution in [2.45, 2.75) is 61.5 Å². The number of aliphatic hydroxyl groups excluding tert-OH is 7. The van der Waals surface area contributed by atoms with Crippen LogP contribution in [0, 0.1) is 0 Å². The van der Waals surface area contributed by atoms with Gasteiger partial charge < -0.3 is 50.0 Å². The van der Waals surface area contributed by atoms with Crippen LogP contribution in [0.5, 0.6) is 0 Å². The topological polar surface area (TPSA) is 169 Å². The predicted octanol–water partition coefficient (Wildman–Crippen LogP) is -3.98. The van der Waals surface area contributed by atoms with Gasteiger partial charge >= 0.3 is 0 Å². The first-order valence-electron chi connectivity index (χ1n) is 7.44. The molecule has 0 aliphatic carbocycles. The van der Waals surface area contributed by atoms with Crippen LogP contribution < -0.4 is 0 Å². The quantitative estimate of drug-likeness (QED) is 0.262. The average molecular weight is 340 g/mol. The lowest BCUT2D eigenvalue weighted by Crippen LogP contribution is -2.64. The Morgan fingerprint density at radius 1 is 0.913 bits per heavy atom. The van der Waals surface area contributed by atoms with Crippen LogP contribution in [0.4, 0.5) is 0 Å². The number of rotatable bonds is 5. The van der Waals surface area contributed by atoms with E-state index in [9.17, 15) is 30.6 Å². The summed E-state index contributed by atoms with van der Waals surface area (Å²) in [7, 11) is 0. The zero-order valence-corrected chi connectivity index (χ0v) is 12.4. The van der Waals surface area contributed by atoms with Gasteiger partial charge in [-0.25, -0.2) is 0 Å². The fourth-order valence-corrected chi connectivity index (χ4v) is 2.76. The smallest absolute Gasteiger partial charge is 0.221 e. The molecule has 2 heterocycles. The molecule has 0 aromatic carbocycles. The normalized spacial score (nSPS) is 48.4. The Balaban J connectivity index is 2.16. The largest absolute Gasteiger partial charge is 0.394 e. The van der Waals surface area contributed by atoms with Crippen LogP contribution in [0.3, 0.4) is 0 Å². The molecule has 8 atom stereocenters. The molecule has 0 amide bonds. The van der Waals surface area contributed by atoms with Crippen LogP contribution in [-0.2, 0) is 14.2 Å². The molecule has 10 heteroatoms. The van der Waals surface area contributed by atoms with E-state index in [1.807, 2.05) is 0 Å². The molecule has 2 fully saturated rings. The van der Waals surface area contributed by atoms with Gasteiger partial charge in [-0.3, -0.25) is 0 Å². The molecule has 3 unspecified atom stereocenters. The summed E-state index contributed by atoms with van der Waals surface area (Å²) in [4.78, 5) is 0. The van der Waals surface area contributed by atoms with Crippen molar-refractivity contribution in [2.75, 3.05) is 19.8 Å². The Labute approximate surface area is 132 Å². The van der Waals surface area contributed by atoms with Crippen molar-refractivity contribution in [1.29, 1.82) is 0 Å². The Kier molecular flexibility index (Phi) is 6.30. The van der Waals surface area contributed by atoms with Crippen LogP contribution >= 0.6 is 0 Å². The Morgan fingerprint density at radius 3 is 2.17 bits per heavy atom. The molecule has 2 aliphatic heterocycles. The summed E-state index contributed by atoms with van der Waals surface area (Å²) in [6, 6.07) is 0. The highest BCUT2D eigenvalue weighted by atomic mass is 16.8. The lowest BCUT2D eigenvalue weighted by Gasteiger charge is -2.47.